The molecule has 0 saturated heterocycles. The molecule has 0 aliphatic carbocycles. The summed E-state index contributed by atoms with van der Waals surface area (Å²) in [6.07, 6.45) is 2.08. The first-order valence-electron chi connectivity index (χ1n) is 5.30. The van der Waals surface area contributed by atoms with E-state index in [0.717, 1.165) is 24.1 Å². The first-order chi connectivity index (χ1) is 6.75. The lowest BCUT2D eigenvalue weighted by atomic mass is 9.99. The molecular formula is C12H18FN. The van der Waals surface area contributed by atoms with Crippen molar-refractivity contribution in [3.05, 3.63) is 29.6 Å². The van der Waals surface area contributed by atoms with Crippen LogP contribution >= 0.6 is 0 Å². The van der Waals surface area contributed by atoms with Crippen LogP contribution in [0, 0.1) is 5.82 Å². The normalized spacial score (nSPS) is 18.7. The van der Waals surface area contributed by atoms with Gasteiger partial charge < -0.3 is 5.32 Å². The van der Waals surface area contributed by atoms with Crippen LogP contribution in [0.2, 0.25) is 0 Å². The summed E-state index contributed by atoms with van der Waals surface area (Å²) in [5, 5.41) is 3.32. The number of hydrogen-bond donors (Lipinski definition) is 1. The Bertz CT molecular complexity index is 296. The first kappa shape index (κ1) is 11.0. The molecule has 1 aliphatic rings. The van der Waals surface area contributed by atoms with E-state index in [4.69, 9.17) is 0 Å². The Hall–Kier alpha value is -1.05. The van der Waals surface area contributed by atoms with Gasteiger partial charge in [0, 0.05) is 11.7 Å². The molecule has 1 aliphatic heterocycles. The van der Waals surface area contributed by atoms with Crippen molar-refractivity contribution in [1.82, 2.24) is 0 Å². The molecule has 1 nitrogen and oxygen atoms in total. The van der Waals surface area contributed by atoms with Crippen LogP contribution in [0.25, 0.3) is 0 Å². The van der Waals surface area contributed by atoms with Gasteiger partial charge in [0.15, 0.2) is 0 Å². The fraction of sp³-hybridized carbons (Fsp3) is 0.500. The van der Waals surface area contributed by atoms with Crippen molar-refractivity contribution in [3.8, 4) is 0 Å². The predicted molar refractivity (Wildman–Crippen MR) is 59.2 cm³/mol. The summed E-state index contributed by atoms with van der Waals surface area (Å²) >= 11 is 0. The Morgan fingerprint density at radius 2 is 2.07 bits per heavy atom. The van der Waals surface area contributed by atoms with Crippen LogP contribution < -0.4 is 5.32 Å². The van der Waals surface area contributed by atoms with E-state index in [2.05, 4.69) is 12.2 Å². The molecule has 0 aromatic heterocycles. The smallest absolute Gasteiger partial charge is 0.123 e. The number of benzene rings is 1. The summed E-state index contributed by atoms with van der Waals surface area (Å²) in [4.78, 5) is 0. The third-order valence-electron chi connectivity index (χ3n) is 2.32. The van der Waals surface area contributed by atoms with Crippen LogP contribution in [0.5, 0.6) is 0 Å². The van der Waals surface area contributed by atoms with Crippen LogP contribution in [-0.2, 0) is 6.42 Å². The second-order valence-corrected chi connectivity index (χ2v) is 3.39. The summed E-state index contributed by atoms with van der Waals surface area (Å²) in [5.41, 5.74) is 2.20. The molecule has 14 heavy (non-hydrogen) atoms. The van der Waals surface area contributed by atoms with E-state index in [1.54, 1.807) is 6.07 Å². The van der Waals surface area contributed by atoms with E-state index in [-0.39, 0.29) is 5.82 Å². The fourth-order valence-electron chi connectivity index (χ4n) is 1.62. The van der Waals surface area contributed by atoms with Crippen LogP contribution in [0.4, 0.5) is 10.1 Å². The number of fused-ring (bicyclic) bond motifs is 1. The quantitative estimate of drug-likeness (QED) is 0.667. The standard InChI is InChI=1S/C10H12FN.C2H6/c1-7-2-3-8-6-9(11)4-5-10(8)12-7;1-2/h4-7,12H,2-3H2,1H3;1-2H3. The number of nitrogens with one attached hydrogen (secondary N) is 1. The van der Waals surface area contributed by atoms with Crippen molar-refractivity contribution in [2.45, 2.75) is 39.7 Å². The predicted octanol–water partition coefficient (Wildman–Crippen LogP) is 3.60. The molecule has 1 heterocycles. The maximum Gasteiger partial charge on any atom is 0.123 e. The maximum atomic E-state index is 12.8. The van der Waals surface area contributed by atoms with Gasteiger partial charge in [0.2, 0.25) is 0 Å². The van der Waals surface area contributed by atoms with Gasteiger partial charge in [0.05, 0.1) is 0 Å². The highest BCUT2D eigenvalue weighted by atomic mass is 19.1. The van der Waals surface area contributed by atoms with Crippen molar-refractivity contribution >= 4 is 5.69 Å². The molecule has 0 amide bonds. The van der Waals surface area contributed by atoms with Crippen LogP contribution in [-0.4, -0.2) is 6.04 Å². The summed E-state index contributed by atoms with van der Waals surface area (Å²) in [6.45, 7) is 6.15. The Balaban J connectivity index is 0.000000461. The summed E-state index contributed by atoms with van der Waals surface area (Å²) < 4.78 is 12.8. The maximum absolute atomic E-state index is 12.8. The minimum Gasteiger partial charge on any atom is -0.382 e. The summed E-state index contributed by atoms with van der Waals surface area (Å²) in [7, 11) is 0. The third-order valence-corrected chi connectivity index (χ3v) is 2.32. The minimum atomic E-state index is -0.134. The topological polar surface area (TPSA) is 12.0 Å². The molecule has 2 rings (SSSR count). The Morgan fingerprint density at radius 1 is 1.36 bits per heavy atom. The lowest BCUT2D eigenvalue weighted by Gasteiger charge is -2.23. The van der Waals surface area contributed by atoms with E-state index in [1.165, 1.54) is 6.07 Å². The molecule has 1 atom stereocenters. The number of anilines is 1. The zero-order valence-electron chi connectivity index (χ0n) is 9.10. The van der Waals surface area contributed by atoms with Gasteiger partial charge in [-0.2, -0.15) is 0 Å². The highest BCUT2D eigenvalue weighted by molar-refractivity contribution is 5.53. The van der Waals surface area contributed by atoms with Gasteiger partial charge in [0.25, 0.3) is 0 Å². The van der Waals surface area contributed by atoms with Crippen LogP contribution in [0.1, 0.15) is 32.8 Å². The molecule has 78 valence electrons. The van der Waals surface area contributed by atoms with Crippen molar-refractivity contribution in [2.75, 3.05) is 5.32 Å². The second-order valence-electron chi connectivity index (χ2n) is 3.39. The van der Waals surface area contributed by atoms with Crippen molar-refractivity contribution in [3.63, 3.8) is 0 Å². The van der Waals surface area contributed by atoms with Gasteiger partial charge in [-0.25, -0.2) is 4.39 Å². The highest BCUT2D eigenvalue weighted by Crippen LogP contribution is 2.24. The summed E-state index contributed by atoms with van der Waals surface area (Å²) in [5.74, 6) is -0.134. The van der Waals surface area contributed by atoms with Crippen LogP contribution in [0.15, 0.2) is 18.2 Å². The van der Waals surface area contributed by atoms with Gasteiger partial charge in [-0.3, -0.25) is 0 Å². The first-order valence-corrected chi connectivity index (χ1v) is 5.30. The van der Waals surface area contributed by atoms with Gasteiger partial charge in [-0.15, -0.1) is 0 Å². The van der Waals surface area contributed by atoms with Crippen molar-refractivity contribution < 1.29 is 4.39 Å². The highest BCUT2D eigenvalue weighted by Gasteiger charge is 2.13. The van der Waals surface area contributed by atoms with E-state index >= 15 is 0 Å². The average molecular weight is 195 g/mol. The van der Waals surface area contributed by atoms with Crippen molar-refractivity contribution in [1.29, 1.82) is 0 Å². The van der Waals surface area contributed by atoms with E-state index in [9.17, 15) is 4.39 Å². The zero-order chi connectivity index (χ0) is 10.6. The third kappa shape index (κ3) is 2.47. The number of hydrogen-bond acceptors (Lipinski definition) is 1. The Kier molecular flexibility index (Phi) is 3.93. The average Bonchev–Trinajstić information content (AvgIpc) is 2.21. The molecule has 0 fully saturated rings. The van der Waals surface area contributed by atoms with E-state index in [0.29, 0.717) is 6.04 Å². The molecule has 0 saturated carbocycles. The lowest BCUT2D eigenvalue weighted by Crippen LogP contribution is -2.21. The monoisotopic (exact) mass is 195 g/mol. The minimum absolute atomic E-state index is 0.134. The molecule has 0 radical (unpaired) electrons. The molecule has 0 bridgehead atoms. The molecule has 1 N–H and O–H groups in total. The molecular weight excluding hydrogens is 177 g/mol. The summed E-state index contributed by atoms with van der Waals surface area (Å²) in [6, 6.07) is 5.46. The largest absolute Gasteiger partial charge is 0.382 e. The number of aryl methyl sites for hydroxylation is 1. The zero-order valence-corrected chi connectivity index (χ0v) is 9.10. The number of halogens is 1. The molecule has 1 aromatic carbocycles. The fourth-order valence-corrected chi connectivity index (χ4v) is 1.62. The van der Waals surface area contributed by atoms with E-state index in [1.807, 2.05) is 19.9 Å². The molecule has 0 spiro atoms. The second kappa shape index (κ2) is 4.99. The van der Waals surface area contributed by atoms with E-state index < -0.39 is 0 Å². The SMILES string of the molecule is CC.CC1CCc2cc(F)ccc2N1. The van der Waals surface area contributed by atoms with Gasteiger partial charge in [-0.1, -0.05) is 13.8 Å². The Labute approximate surface area is 85.3 Å². The number of rotatable bonds is 0. The lowest BCUT2D eigenvalue weighted by molar-refractivity contribution is 0.617. The van der Waals surface area contributed by atoms with Crippen LogP contribution in [0.3, 0.4) is 0 Å². The molecule has 1 aromatic rings. The molecule has 1 unspecified atom stereocenters. The Morgan fingerprint density at radius 3 is 2.79 bits per heavy atom. The van der Waals surface area contributed by atoms with Gasteiger partial charge >= 0.3 is 0 Å². The van der Waals surface area contributed by atoms with Crippen molar-refractivity contribution in [2.24, 2.45) is 0 Å². The van der Waals surface area contributed by atoms with Gasteiger partial charge in [-0.05, 0) is 43.5 Å². The van der Waals surface area contributed by atoms with Gasteiger partial charge in [0.1, 0.15) is 5.82 Å². The molecule has 2 heteroatoms.